The summed E-state index contributed by atoms with van der Waals surface area (Å²) in [5.41, 5.74) is 2.59. The van der Waals surface area contributed by atoms with Crippen molar-refractivity contribution in [1.82, 2.24) is 19.5 Å². The number of imidazole rings is 1. The number of nitrogens with one attached hydrogen (secondary N) is 1. The number of aryl methyl sites for hydroxylation is 1. The summed E-state index contributed by atoms with van der Waals surface area (Å²) >= 11 is 0. The maximum atomic E-state index is 5.56. The van der Waals surface area contributed by atoms with Crippen LogP contribution in [0.3, 0.4) is 0 Å². The van der Waals surface area contributed by atoms with Crippen molar-refractivity contribution in [3.05, 3.63) is 72.4 Å². The van der Waals surface area contributed by atoms with Crippen LogP contribution in [0.15, 0.2) is 65.3 Å². The van der Waals surface area contributed by atoms with Crippen molar-refractivity contribution in [2.75, 3.05) is 12.4 Å². The van der Waals surface area contributed by atoms with Crippen LogP contribution in [0.4, 0.5) is 5.82 Å². The normalized spacial score (nSPS) is 11.2. The van der Waals surface area contributed by atoms with Gasteiger partial charge in [-0.3, -0.25) is 4.57 Å². The Hall–Kier alpha value is -3.87. The molecule has 0 unspecified atom stereocenters. The molecule has 0 aliphatic carbocycles. The molecular formula is C22H19N5O2. The number of methoxy groups -OCH3 is 1. The summed E-state index contributed by atoms with van der Waals surface area (Å²) in [4.78, 5) is 14.3. The van der Waals surface area contributed by atoms with Crippen LogP contribution in [-0.2, 0) is 6.54 Å². The number of furan rings is 1. The molecule has 3 heterocycles. The van der Waals surface area contributed by atoms with E-state index in [1.54, 1.807) is 13.4 Å². The third-order valence-corrected chi connectivity index (χ3v) is 4.84. The minimum absolute atomic E-state index is 0.513. The molecule has 0 spiro atoms. The number of anilines is 1. The second kappa shape index (κ2) is 6.94. The average Bonchev–Trinajstić information content (AvgIpc) is 3.38. The predicted octanol–water partition coefficient (Wildman–Crippen LogP) is 4.49. The van der Waals surface area contributed by atoms with E-state index in [2.05, 4.69) is 10.3 Å². The lowest BCUT2D eigenvalue weighted by atomic mass is 10.2. The SMILES string of the molecule is COc1cccc2c(NCc3ccco3)nc(-n3c(C)nc4ccccc43)nc12. The van der Waals surface area contributed by atoms with Crippen LogP contribution in [-0.4, -0.2) is 26.6 Å². The summed E-state index contributed by atoms with van der Waals surface area (Å²) in [5, 5.41) is 4.25. The summed E-state index contributed by atoms with van der Waals surface area (Å²) < 4.78 is 13.0. The van der Waals surface area contributed by atoms with Crippen LogP contribution >= 0.6 is 0 Å². The Morgan fingerprint density at radius 1 is 1.00 bits per heavy atom. The van der Waals surface area contributed by atoms with E-state index < -0.39 is 0 Å². The van der Waals surface area contributed by atoms with E-state index in [0.29, 0.717) is 24.1 Å². The number of ether oxygens (including phenoxy) is 1. The Morgan fingerprint density at radius 3 is 2.72 bits per heavy atom. The van der Waals surface area contributed by atoms with Gasteiger partial charge in [0.15, 0.2) is 0 Å². The van der Waals surface area contributed by atoms with Gasteiger partial charge in [-0.15, -0.1) is 0 Å². The summed E-state index contributed by atoms with van der Waals surface area (Å²) in [6, 6.07) is 17.5. The molecule has 29 heavy (non-hydrogen) atoms. The Morgan fingerprint density at radius 2 is 1.90 bits per heavy atom. The maximum Gasteiger partial charge on any atom is 0.238 e. The largest absolute Gasteiger partial charge is 0.494 e. The fourth-order valence-electron chi connectivity index (χ4n) is 3.50. The minimum atomic E-state index is 0.513. The van der Waals surface area contributed by atoms with Gasteiger partial charge >= 0.3 is 0 Å². The topological polar surface area (TPSA) is 78.0 Å². The highest BCUT2D eigenvalue weighted by Crippen LogP contribution is 2.30. The molecule has 0 saturated heterocycles. The Balaban J connectivity index is 1.72. The van der Waals surface area contributed by atoms with Crippen molar-refractivity contribution in [3.8, 4) is 11.7 Å². The summed E-state index contributed by atoms with van der Waals surface area (Å²) in [6.07, 6.45) is 1.66. The van der Waals surface area contributed by atoms with Gasteiger partial charge in [0.05, 0.1) is 31.0 Å². The maximum absolute atomic E-state index is 5.56. The molecule has 2 aromatic carbocycles. The lowest BCUT2D eigenvalue weighted by Gasteiger charge is -2.13. The van der Waals surface area contributed by atoms with Gasteiger partial charge in [-0.25, -0.2) is 9.97 Å². The van der Waals surface area contributed by atoms with Gasteiger partial charge in [0.25, 0.3) is 0 Å². The third-order valence-electron chi connectivity index (χ3n) is 4.84. The number of fused-ring (bicyclic) bond motifs is 2. The van der Waals surface area contributed by atoms with Crippen molar-refractivity contribution >= 4 is 27.8 Å². The van der Waals surface area contributed by atoms with E-state index in [9.17, 15) is 0 Å². The Labute approximate surface area is 167 Å². The fraction of sp³-hybridized carbons (Fsp3) is 0.136. The first kappa shape index (κ1) is 17.2. The molecule has 0 amide bonds. The third kappa shape index (κ3) is 2.97. The van der Waals surface area contributed by atoms with Gasteiger partial charge in [-0.1, -0.05) is 18.2 Å². The highest BCUT2D eigenvalue weighted by Gasteiger charge is 2.16. The highest BCUT2D eigenvalue weighted by molar-refractivity contribution is 5.94. The van der Waals surface area contributed by atoms with Crippen LogP contribution in [0.25, 0.3) is 27.9 Å². The molecule has 5 rings (SSSR count). The van der Waals surface area contributed by atoms with E-state index >= 15 is 0 Å². The van der Waals surface area contributed by atoms with Gasteiger partial charge in [-0.05, 0) is 43.3 Å². The van der Waals surface area contributed by atoms with Crippen molar-refractivity contribution in [2.45, 2.75) is 13.5 Å². The van der Waals surface area contributed by atoms with Crippen LogP contribution in [0.1, 0.15) is 11.6 Å². The summed E-state index contributed by atoms with van der Waals surface area (Å²) in [5.74, 6) is 3.57. The molecule has 7 heteroatoms. The molecule has 7 nitrogen and oxygen atoms in total. The van der Waals surface area contributed by atoms with Gasteiger partial charge in [0.2, 0.25) is 5.95 Å². The molecule has 0 saturated carbocycles. The minimum Gasteiger partial charge on any atom is -0.494 e. The quantitative estimate of drug-likeness (QED) is 0.480. The second-order valence-electron chi connectivity index (χ2n) is 6.64. The number of hydrogen-bond donors (Lipinski definition) is 1. The van der Waals surface area contributed by atoms with E-state index in [-0.39, 0.29) is 0 Å². The molecule has 144 valence electrons. The number of hydrogen-bond acceptors (Lipinski definition) is 6. The number of benzene rings is 2. The van der Waals surface area contributed by atoms with Gasteiger partial charge in [0.1, 0.15) is 28.7 Å². The first-order valence-corrected chi connectivity index (χ1v) is 9.30. The smallest absolute Gasteiger partial charge is 0.238 e. The Kier molecular flexibility index (Phi) is 4.13. The summed E-state index contributed by atoms with van der Waals surface area (Å²) in [7, 11) is 1.64. The number of rotatable bonds is 5. The zero-order chi connectivity index (χ0) is 19.8. The monoisotopic (exact) mass is 385 g/mol. The van der Waals surface area contributed by atoms with E-state index in [1.165, 1.54) is 0 Å². The Bertz CT molecular complexity index is 1310. The molecule has 5 aromatic rings. The molecule has 0 atom stereocenters. The lowest BCUT2D eigenvalue weighted by Crippen LogP contribution is -2.09. The second-order valence-corrected chi connectivity index (χ2v) is 6.64. The molecule has 0 bridgehead atoms. The van der Waals surface area contributed by atoms with Crippen LogP contribution in [0.5, 0.6) is 5.75 Å². The number of nitrogens with zero attached hydrogens (tertiary/aromatic N) is 4. The highest BCUT2D eigenvalue weighted by atomic mass is 16.5. The molecule has 0 fully saturated rings. The summed E-state index contributed by atoms with van der Waals surface area (Å²) in [6.45, 7) is 2.46. The van der Waals surface area contributed by atoms with Crippen LogP contribution in [0.2, 0.25) is 0 Å². The fourth-order valence-corrected chi connectivity index (χ4v) is 3.50. The van der Waals surface area contributed by atoms with E-state index in [4.69, 9.17) is 19.1 Å². The van der Waals surface area contributed by atoms with Gasteiger partial charge < -0.3 is 14.5 Å². The molecule has 1 N–H and O–H groups in total. The molecule has 0 aliphatic rings. The molecule has 0 aliphatic heterocycles. The van der Waals surface area contributed by atoms with Crippen molar-refractivity contribution in [1.29, 1.82) is 0 Å². The average molecular weight is 385 g/mol. The van der Waals surface area contributed by atoms with Crippen molar-refractivity contribution in [2.24, 2.45) is 0 Å². The molecular weight excluding hydrogens is 366 g/mol. The molecule has 0 radical (unpaired) electrons. The predicted molar refractivity (Wildman–Crippen MR) is 111 cm³/mol. The first-order valence-electron chi connectivity index (χ1n) is 9.30. The first-order chi connectivity index (χ1) is 14.2. The van der Waals surface area contributed by atoms with Crippen LogP contribution in [0, 0.1) is 6.92 Å². The van der Waals surface area contributed by atoms with Crippen molar-refractivity contribution in [3.63, 3.8) is 0 Å². The number of para-hydroxylation sites is 3. The van der Waals surface area contributed by atoms with Gasteiger partial charge in [-0.2, -0.15) is 4.98 Å². The van der Waals surface area contributed by atoms with E-state index in [1.807, 2.05) is 66.1 Å². The van der Waals surface area contributed by atoms with Gasteiger partial charge in [0, 0.05) is 5.39 Å². The standard InChI is InChI=1S/C22H19N5O2/c1-14-24-17-9-3-4-10-18(17)27(14)22-25-20-16(8-5-11-19(20)28-2)21(26-22)23-13-15-7-6-12-29-15/h3-12H,13H2,1-2H3,(H,23,25,26). The van der Waals surface area contributed by atoms with Crippen molar-refractivity contribution < 1.29 is 9.15 Å². The van der Waals surface area contributed by atoms with Crippen LogP contribution < -0.4 is 10.1 Å². The zero-order valence-electron chi connectivity index (χ0n) is 16.1. The lowest BCUT2D eigenvalue weighted by molar-refractivity contribution is 0.419. The number of aromatic nitrogens is 4. The van der Waals surface area contributed by atoms with E-state index in [0.717, 1.165) is 33.5 Å². The zero-order valence-corrected chi connectivity index (χ0v) is 16.1. The molecule has 3 aromatic heterocycles.